The molecule has 0 bridgehead atoms. The summed E-state index contributed by atoms with van der Waals surface area (Å²) in [6.07, 6.45) is 1.53. The number of benzene rings is 1. The molecule has 1 aliphatic rings. The van der Waals surface area contributed by atoms with Gasteiger partial charge in [0.1, 0.15) is 17.6 Å². The molecule has 136 valence electrons. The van der Waals surface area contributed by atoms with E-state index >= 15 is 0 Å². The van der Waals surface area contributed by atoms with E-state index in [1.165, 1.54) is 22.5 Å². The summed E-state index contributed by atoms with van der Waals surface area (Å²) in [6.45, 7) is 2.10. The Labute approximate surface area is 160 Å². The van der Waals surface area contributed by atoms with Gasteiger partial charge in [0.05, 0.1) is 18.4 Å². The van der Waals surface area contributed by atoms with Crippen LogP contribution in [0.4, 0.5) is 0 Å². The number of aryl methyl sites for hydroxylation is 1. The largest absolute Gasteiger partial charge is 0.507 e. The number of furan rings is 1. The van der Waals surface area contributed by atoms with E-state index in [1.54, 1.807) is 24.3 Å². The van der Waals surface area contributed by atoms with Crippen molar-refractivity contribution in [2.45, 2.75) is 19.5 Å². The van der Waals surface area contributed by atoms with Gasteiger partial charge in [-0.25, -0.2) is 0 Å². The number of thiophene rings is 1. The first-order chi connectivity index (χ1) is 13.1. The van der Waals surface area contributed by atoms with Gasteiger partial charge in [0.15, 0.2) is 0 Å². The van der Waals surface area contributed by atoms with Gasteiger partial charge < -0.3 is 14.4 Å². The van der Waals surface area contributed by atoms with Gasteiger partial charge >= 0.3 is 0 Å². The van der Waals surface area contributed by atoms with Crippen LogP contribution in [-0.2, 0) is 16.1 Å². The summed E-state index contributed by atoms with van der Waals surface area (Å²) in [6, 6.07) is 13.8. The summed E-state index contributed by atoms with van der Waals surface area (Å²) in [5.74, 6) is -0.904. The van der Waals surface area contributed by atoms with Crippen LogP contribution in [-0.4, -0.2) is 21.7 Å². The highest BCUT2D eigenvalue weighted by Gasteiger charge is 2.46. The molecule has 2 aromatic heterocycles. The van der Waals surface area contributed by atoms with Crippen molar-refractivity contribution in [1.29, 1.82) is 0 Å². The fraction of sp³-hybridized carbons (Fsp3) is 0.143. The van der Waals surface area contributed by atoms with Crippen molar-refractivity contribution in [3.63, 3.8) is 0 Å². The molecular formula is C21H17NO4S. The minimum Gasteiger partial charge on any atom is -0.507 e. The van der Waals surface area contributed by atoms with E-state index in [0.717, 1.165) is 10.4 Å². The Bertz CT molecular complexity index is 1000. The van der Waals surface area contributed by atoms with E-state index < -0.39 is 17.7 Å². The average Bonchev–Trinajstić information content (AvgIpc) is 3.40. The lowest BCUT2D eigenvalue weighted by atomic mass is 9.99. The topological polar surface area (TPSA) is 70.8 Å². The molecular weight excluding hydrogens is 362 g/mol. The zero-order valence-corrected chi connectivity index (χ0v) is 15.4. The lowest BCUT2D eigenvalue weighted by molar-refractivity contribution is -0.140. The van der Waals surface area contributed by atoms with E-state index in [0.29, 0.717) is 11.3 Å². The smallest absolute Gasteiger partial charge is 0.296 e. The maximum absolute atomic E-state index is 12.8. The van der Waals surface area contributed by atoms with Crippen molar-refractivity contribution in [2.24, 2.45) is 0 Å². The van der Waals surface area contributed by atoms with Crippen LogP contribution in [0.1, 0.15) is 27.8 Å². The number of hydrogen-bond donors (Lipinski definition) is 1. The molecule has 3 aromatic rings. The normalized spacial score (nSPS) is 19.0. The fourth-order valence-electron chi connectivity index (χ4n) is 3.22. The highest BCUT2D eigenvalue weighted by atomic mass is 32.1. The van der Waals surface area contributed by atoms with E-state index in [4.69, 9.17) is 4.42 Å². The van der Waals surface area contributed by atoms with Crippen molar-refractivity contribution < 1.29 is 19.1 Å². The van der Waals surface area contributed by atoms with Gasteiger partial charge in [0, 0.05) is 10.4 Å². The lowest BCUT2D eigenvalue weighted by Gasteiger charge is -2.23. The van der Waals surface area contributed by atoms with E-state index in [2.05, 4.69) is 0 Å². The Morgan fingerprint density at radius 1 is 1.15 bits per heavy atom. The maximum atomic E-state index is 12.8. The first kappa shape index (κ1) is 17.3. The molecule has 1 unspecified atom stereocenters. The third-order valence-corrected chi connectivity index (χ3v) is 5.51. The van der Waals surface area contributed by atoms with Gasteiger partial charge in [-0.2, -0.15) is 0 Å². The predicted octanol–water partition coefficient (Wildman–Crippen LogP) is 4.27. The van der Waals surface area contributed by atoms with Gasteiger partial charge in [-0.15, -0.1) is 11.3 Å². The maximum Gasteiger partial charge on any atom is 0.296 e. The van der Waals surface area contributed by atoms with Gasteiger partial charge in [-0.05, 0) is 30.5 Å². The molecule has 0 spiro atoms. The van der Waals surface area contributed by atoms with Crippen LogP contribution in [0.15, 0.2) is 70.2 Å². The van der Waals surface area contributed by atoms with Crippen molar-refractivity contribution in [3.05, 3.63) is 87.5 Å². The molecule has 0 saturated carbocycles. The lowest BCUT2D eigenvalue weighted by Crippen LogP contribution is -2.28. The fourth-order valence-corrected chi connectivity index (χ4v) is 4.07. The summed E-state index contributed by atoms with van der Waals surface area (Å²) in [4.78, 5) is 27.8. The number of carbonyl (C=O) groups excluding carboxylic acids is 2. The van der Waals surface area contributed by atoms with Crippen LogP contribution >= 0.6 is 11.3 Å². The Morgan fingerprint density at radius 2 is 1.93 bits per heavy atom. The van der Waals surface area contributed by atoms with Crippen LogP contribution in [0.3, 0.4) is 0 Å². The minimum absolute atomic E-state index is 0.109. The summed E-state index contributed by atoms with van der Waals surface area (Å²) in [5.41, 5.74) is 1.66. The Hall–Kier alpha value is -3.12. The highest BCUT2D eigenvalue weighted by molar-refractivity contribution is 7.10. The second-order valence-corrected chi connectivity index (χ2v) is 7.37. The summed E-state index contributed by atoms with van der Waals surface area (Å²) < 4.78 is 5.36. The molecule has 1 aliphatic heterocycles. The zero-order chi connectivity index (χ0) is 19.0. The SMILES string of the molecule is Cc1ccc(/C(O)=C2\C(=O)C(=O)N(Cc3ccco3)C2c2cccs2)cc1. The first-order valence-corrected chi connectivity index (χ1v) is 9.35. The monoisotopic (exact) mass is 379 g/mol. The van der Waals surface area contributed by atoms with Crippen molar-refractivity contribution in [2.75, 3.05) is 0 Å². The molecule has 1 fully saturated rings. The number of aliphatic hydroxyl groups is 1. The van der Waals surface area contributed by atoms with Gasteiger partial charge in [-0.1, -0.05) is 35.9 Å². The summed E-state index contributed by atoms with van der Waals surface area (Å²) in [5, 5.41) is 12.8. The van der Waals surface area contributed by atoms with Gasteiger partial charge in [0.2, 0.25) is 0 Å². The average molecular weight is 379 g/mol. The zero-order valence-electron chi connectivity index (χ0n) is 14.6. The van der Waals surface area contributed by atoms with Gasteiger partial charge in [0.25, 0.3) is 11.7 Å². The molecule has 6 heteroatoms. The number of nitrogens with zero attached hydrogens (tertiary/aromatic N) is 1. The van der Waals surface area contributed by atoms with Crippen LogP contribution in [0.2, 0.25) is 0 Å². The molecule has 27 heavy (non-hydrogen) atoms. The highest BCUT2D eigenvalue weighted by Crippen LogP contribution is 2.41. The van der Waals surface area contributed by atoms with Crippen LogP contribution in [0, 0.1) is 6.92 Å². The van der Waals surface area contributed by atoms with E-state index in [9.17, 15) is 14.7 Å². The van der Waals surface area contributed by atoms with Crippen molar-refractivity contribution in [3.8, 4) is 0 Å². The second kappa shape index (κ2) is 6.89. The predicted molar refractivity (Wildman–Crippen MR) is 102 cm³/mol. The Balaban J connectivity index is 1.83. The van der Waals surface area contributed by atoms with Crippen LogP contribution in [0.5, 0.6) is 0 Å². The number of hydrogen-bond acceptors (Lipinski definition) is 5. The Morgan fingerprint density at radius 3 is 2.56 bits per heavy atom. The molecule has 1 atom stereocenters. The van der Waals surface area contributed by atoms with E-state index in [1.807, 2.05) is 36.6 Å². The minimum atomic E-state index is -0.682. The molecule has 0 aliphatic carbocycles. The number of ketones is 1. The molecule has 3 heterocycles. The molecule has 0 radical (unpaired) electrons. The second-order valence-electron chi connectivity index (χ2n) is 6.39. The van der Waals surface area contributed by atoms with Crippen molar-refractivity contribution >= 4 is 28.8 Å². The molecule has 5 nitrogen and oxygen atoms in total. The van der Waals surface area contributed by atoms with Crippen LogP contribution in [0.25, 0.3) is 5.76 Å². The number of aliphatic hydroxyl groups excluding tert-OH is 1. The molecule has 1 N–H and O–H groups in total. The van der Waals surface area contributed by atoms with Crippen LogP contribution < -0.4 is 0 Å². The molecule has 1 amide bonds. The number of amides is 1. The molecule has 4 rings (SSSR count). The standard InChI is InChI=1S/C21H17NO4S/c1-13-6-8-14(9-7-13)19(23)17-18(16-5-3-11-27-16)22(21(25)20(17)24)12-15-4-2-10-26-15/h2-11,18,23H,12H2,1H3/b19-17+. The van der Waals surface area contributed by atoms with Crippen molar-refractivity contribution in [1.82, 2.24) is 4.90 Å². The first-order valence-electron chi connectivity index (χ1n) is 8.47. The Kier molecular flexibility index (Phi) is 4.41. The summed E-state index contributed by atoms with van der Waals surface area (Å²) >= 11 is 1.44. The quantitative estimate of drug-likeness (QED) is 0.417. The van der Waals surface area contributed by atoms with Gasteiger partial charge in [-0.3, -0.25) is 9.59 Å². The third kappa shape index (κ3) is 3.08. The third-order valence-electron chi connectivity index (χ3n) is 4.58. The number of likely N-dealkylation sites (tertiary alicyclic amines) is 1. The number of carbonyl (C=O) groups is 2. The van der Waals surface area contributed by atoms with E-state index in [-0.39, 0.29) is 17.9 Å². The molecule has 1 aromatic carbocycles. The number of rotatable bonds is 4. The number of Topliss-reactive ketones (excluding diaryl/α,β-unsaturated/α-hetero) is 1. The molecule has 1 saturated heterocycles. The summed E-state index contributed by atoms with van der Waals surface area (Å²) in [7, 11) is 0.